The molecule has 0 saturated heterocycles. The third kappa shape index (κ3) is 2.55. The lowest BCUT2D eigenvalue weighted by molar-refractivity contribution is -0.109. The minimum atomic E-state index is -1.12. The van der Waals surface area contributed by atoms with Gasteiger partial charge in [-0.1, -0.05) is 0 Å². The molecule has 1 heterocycles. The average molecular weight is 197 g/mol. The molecule has 1 N–H and O–H groups in total. The number of rotatable bonds is 2. The summed E-state index contributed by atoms with van der Waals surface area (Å²) in [6.45, 7) is 1.38. The standard InChI is InChI=1S/C8H7NO3S/c1-5(10)13-6-3-2-4-9-7(6)8(11)12/h2-4H,1H3,(H,11,12). The Balaban J connectivity index is 3.04. The normalized spacial score (nSPS) is 9.62. The van der Waals surface area contributed by atoms with Crippen molar-refractivity contribution in [2.24, 2.45) is 0 Å². The van der Waals surface area contributed by atoms with Gasteiger partial charge in [0.05, 0.1) is 0 Å². The van der Waals surface area contributed by atoms with Crippen LogP contribution in [0, 0.1) is 0 Å². The Morgan fingerprint density at radius 2 is 2.23 bits per heavy atom. The zero-order chi connectivity index (χ0) is 9.84. The van der Waals surface area contributed by atoms with E-state index in [2.05, 4.69) is 4.98 Å². The number of carboxylic acid groups (broad SMARTS) is 1. The lowest BCUT2D eigenvalue weighted by Gasteiger charge is -2.00. The Bertz CT molecular complexity index is 351. The van der Waals surface area contributed by atoms with Crippen LogP contribution in [-0.4, -0.2) is 21.2 Å². The zero-order valence-electron chi connectivity index (χ0n) is 6.85. The second kappa shape index (κ2) is 4.04. The van der Waals surface area contributed by atoms with Gasteiger partial charge in [0.15, 0.2) is 10.8 Å². The van der Waals surface area contributed by atoms with E-state index in [1.54, 1.807) is 12.1 Å². The van der Waals surface area contributed by atoms with Crippen molar-refractivity contribution in [3.8, 4) is 0 Å². The van der Waals surface area contributed by atoms with Gasteiger partial charge in [-0.05, 0) is 23.9 Å². The summed E-state index contributed by atoms with van der Waals surface area (Å²) < 4.78 is 0. The molecule has 5 heteroatoms. The van der Waals surface area contributed by atoms with Crippen LogP contribution in [0.15, 0.2) is 23.2 Å². The van der Waals surface area contributed by atoms with Gasteiger partial charge in [-0.15, -0.1) is 0 Å². The average Bonchev–Trinajstić information content (AvgIpc) is 2.03. The zero-order valence-corrected chi connectivity index (χ0v) is 7.67. The third-order valence-electron chi connectivity index (χ3n) is 1.23. The molecule has 0 atom stereocenters. The van der Waals surface area contributed by atoms with E-state index >= 15 is 0 Å². The van der Waals surface area contributed by atoms with E-state index in [1.165, 1.54) is 13.1 Å². The molecule has 0 unspecified atom stereocenters. The van der Waals surface area contributed by atoms with Crippen LogP contribution in [-0.2, 0) is 4.79 Å². The number of hydrogen-bond donors (Lipinski definition) is 1. The predicted octanol–water partition coefficient (Wildman–Crippen LogP) is 1.42. The van der Waals surface area contributed by atoms with Crippen molar-refractivity contribution in [1.29, 1.82) is 0 Å². The van der Waals surface area contributed by atoms with Gasteiger partial charge in [0.25, 0.3) is 0 Å². The summed E-state index contributed by atoms with van der Waals surface area (Å²) in [5.74, 6) is -1.12. The molecule has 0 fully saturated rings. The Labute approximate surface area is 79.0 Å². The maximum Gasteiger partial charge on any atom is 0.355 e. The van der Waals surface area contributed by atoms with Crippen molar-refractivity contribution < 1.29 is 14.7 Å². The number of hydrogen-bond acceptors (Lipinski definition) is 4. The number of carbonyl (C=O) groups excluding carboxylic acids is 1. The molecule has 4 nitrogen and oxygen atoms in total. The molecule has 0 saturated carbocycles. The van der Waals surface area contributed by atoms with Crippen LogP contribution in [0.4, 0.5) is 0 Å². The van der Waals surface area contributed by atoms with E-state index in [9.17, 15) is 9.59 Å². The number of pyridine rings is 1. The van der Waals surface area contributed by atoms with Gasteiger partial charge < -0.3 is 5.11 Å². The molecule has 1 aromatic heterocycles. The van der Waals surface area contributed by atoms with Crippen LogP contribution in [0.2, 0.25) is 0 Å². The summed E-state index contributed by atoms with van der Waals surface area (Å²) in [6.07, 6.45) is 1.38. The van der Waals surface area contributed by atoms with Gasteiger partial charge in [0.1, 0.15) is 0 Å². The monoisotopic (exact) mass is 197 g/mol. The molecule has 0 aliphatic heterocycles. The van der Waals surface area contributed by atoms with Crippen LogP contribution >= 0.6 is 11.8 Å². The van der Waals surface area contributed by atoms with Gasteiger partial charge in [0.2, 0.25) is 0 Å². The van der Waals surface area contributed by atoms with E-state index in [4.69, 9.17) is 5.11 Å². The van der Waals surface area contributed by atoms with Gasteiger partial charge in [0, 0.05) is 18.0 Å². The van der Waals surface area contributed by atoms with Crippen molar-refractivity contribution in [3.05, 3.63) is 24.0 Å². The van der Waals surface area contributed by atoms with Crippen LogP contribution in [0.3, 0.4) is 0 Å². The molecule has 0 aliphatic carbocycles. The maximum absolute atomic E-state index is 10.7. The summed E-state index contributed by atoms with van der Waals surface area (Å²) in [7, 11) is 0. The molecule has 0 amide bonds. The van der Waals surface area contributed by atoms with Gasteiger partial charge in [-0.25, -0.2) is 9.78 Å². The van der Waals surface area contributed by atoms with Gasteiger partial charge in [-0.3, -0.25) is 4.79 Å². The molecule has 13 heavy (non-hydrogen) atoms. The Morgan fingerprint density at radius 3 is 2.77 bits per heavy atom. The lowest BCUT2D eigenvalue weighted by Crippen LogP contribution is -2.02. The first-order valence-electron chi connectivity index (χ1n) is 3.48. The van der Waals surface area contributed by atoms with Crippen molar-refractivity contribution in [2.45, 2.75) is 11.8 Å². The molecular weight excluding hydrogens is 190 g/mol. The minimum absolute atomic E-state index is 0.0808. The predicted molar refractivity (Wildman–Crippen MR) is 47.7 cm³/mol. The van der Waals surface area contributed by atoms with Crippen molar-refractivity contribution in [1.82, 2.24) is 4.98 Å². The highest BCUT2D eigenvalue weighted by molar-refractivity contribution is 8.13. The Morgan fingerprint density at radius 1 is 1.54 bits per heavy atom. The van der Waals surface area contributed by atoms with Crippen LogP contribution < -0.4 is 0 Å². The SMILES string of the molecule is CC(=O)Sc1cccnc1C(=O)O. The molecule has 0 aromatic carbocycles. The fourth-order valence-electron chi connectivity index (χ4n) is 0.788. The molecule has 68 valence electrons. The molecule has 0 radical (unpaired) electrons. The second-order valence-corrected chi connectivity index (χ2v) is 3.47. The van der Waals surface area contributed by atoms with Crippen LogP contribution in [0.1, 0.15) is 17.4 Å². The van der Waals surface area contributed by atoms with Crippen molar-refractivity contribution >= 4 is 22.8 Å². The van der Waals surface area contributed by atoms with Crippen molar-refractivity contribution in [2.75, 3.05) is 0 Å². The summed E-state index contributed by atoms with van der Waals surface area (Å²) in [6, 6.07) is 3.15. The largest absolute Gasteiger partial charge is 0.476 e. The number of aromatic nitrogens is 1. The fraction of sp³-hybridized carbons (Fsp3) is 0.125. The molecule has 1 rings (SSSR count). The smallest absolute Gasteiger partial charge is 0.355 e. The first-order valence-corrected chi connectivity index (χ1v) is 4.29. The Kier molecular flexibility index (Phi) is 3.02. The molecule has 0 spiro atoms. The maximum atomic E-state index is 10.7. The summed E-state index contributed by atoms with van der Waals surface area (Å²) in [4.78, 5) is 25.4. The molecular formula is C8H7NO3S. The quantitative estimate of drug-likeness (QED) is 0.726. The number of nitrogens with zero attached hydrogens (tertiary/aromatic N) is 1. The second-order valence-electron chi connectivity index (χ2n) is 2.25. The van der Waals surface area contributed by atoms with Crippen molar-refractivity contribution in [3.63, 3.8) is 0 Å². The minimum Gasteiger partial charge on any atom is -0.476 e. The first kappa shape index (κ1) is 9.73. The lowest BCUT2D eigenvalue weighted by atomic mass is 10.3. The van der Waals surface area contributed by atoms with Gasteiger partial charge >= 0.3 is 5.97 Å². The molecule has 0 bridgehead atoms. The van der Waals surface area contributed by atoms with E-state index in [-0.39, 0.29) is 10.8 Å². The summed E-state index contributed by atoms with van der Waals surface area (Å²) in [5.41, 5.74) is -0.0808. The van der Waals surface area contributed by atoms with E-state index < -0.39 is 5.97 Å². The molecule has 1 aromatic rings. The number of thioether (sulfide) groups is 1. The number of carbonyl (C=O) groups is 2. The highest BCUT2D eigenvalue weighted by atomic mass is 32.2. The van der Waals surface area contributed by atoms with E-state index in [0.29, 0.717) is 4.90 Å². The highest BCUT2D eigenvalue weighted by Crippen LogP contribution is 2.21. The van der Waals surface area contributed by atoms with Gasteiger partial charge in [-0.2, -0.15) is 0 Å². The van der Waals surface area contributed by atoms with E-state index in [0.717, 1.165) is 11.8 Å². The summed E-state index contributed by atoms with van der Waals surface area (Å²) >= 11 is 0.871. The number of carboxylic acids is 1. The Hall–Kier alpha value is -1.36. The summed E-state index contributed by atoms with van der Waals surface area (Å²) in [5, 5.41) is 8.53. The van der Waals surface area contributed by atoms with Crippen LogP contribution in [0.25, 0.3) is 0 Å². The number of aromatic carboxylic acids is 1. The topological polar surface area (TPSA) is 67.3 Å². The van der Waals surface area contributed by atoms with E-state index in [1.807, 2.05) is 0 Å². The van der Waals surface area contributed by atoms with Crippen LogP contribution in [0.5, 0.6) is 0 Å². The highest BCUT2D eigenvalue weighted by Gasteiger charge is 2.12. The molecule has 0 aliphatic rings. The third-order valence-corrected chi connectivity index (χ3v) is 2.06. The first-order chi connectivity index (χ1) is 6.11. The fourth-order valence-corrected chi connectivity index (χ4v) is 1.48.